The molecule has 2 amide bonds. The summed E-state index contributed by atoms with van der Waals surface area (Å²) in [5.41, 5.74) is 3.02. The monoisotopic (exact) mass is 352 g/mol. The number of rotatable bonds is 3. The summed E-state index contributed by atoms with van der Waals surface area (Å²) in [4.78, 5) is 32.7. The number of nitrogens with one attached hydrogen (secondary N) is 3. The van der Waals surface area contributed by atoms with Gasteiger partial charge in [0.05, 0.1) is 23.3 Å². The first-order valence-corrected chi connectivity index (χ1v) is 8.96. The third-order valence-corrected chi connectivity index (χ3v) is 5.03. The predicted octanol–water partition coefficient (Wildman–Crippen LogP) is 2.93. The molecular weight excluding hydrogens is 336 g/mol. The Bertz CT molecular complexity index is 934. The molecule has 1 aromatic heterocycles. The maximum atomic E-state index is 12.4. The number of hydrogen-bond donors (Lipinski definition) is 3. The molecule has 3 aromatic rings. The minimum Gasteiger partial charge on any atom is -0.345 e. The number of anilines is 1. The number of benzene rings is 2. The molecular formula is C18H16N4O2S. The smallest absolute Gasteiger partial charge is 0.251 e. The van der Waals surface area contributed by atoms with Crippen LogP contribution in [0.1, 0.15) is 22.6 Å². The van der Waals surface area contributed by atoms with Crippen LogP contribution in [-0.2, 0) is 11.3 Å². The molecule has 0 atom stereocenters. The van der Waals surface area contributed by atoms with Gasteiger partial charge in [-0.05, 0) is 30.3 Å². The minimum atomic E-state index is -0.202. The van der Waals surface area contributed by atoms with Crippen LogP contribution in [-0.4, -0.2) is 27.5 Å². The fourth-order valence-electron chi connectivity index (χ4n) is 2.72. The van der Waals surface area contributed by atoms with Gasteiger partial charge in [0.25, 0.3) is 5.91 Å². The third-order valence-electron chi connectivity index (χ3n) is 3.96. The van der Waals surface area contributed by atoms with Crippen molar-refractivity contribution in [2.24, 2.45) is 0 Å². The highest BCUT2D eigenvalue weighted by Gasteiger charge is 2.16. The normalized spacial score (nSPS) is 13.8. The largest absolute Gasteiger partial charge is 0.345 e. The number of H-pyrrole nitrogens is 1. The van der Waals surface area contributed by atoms with Crippen LogP contribution in [0.15, 0.2) is 47.4 Å². The number of nitrogens with zero attached hydrogens (tertiary/aromatic N) is 1. The van der Waals surface area contributed by atoms with Crippen molar-refractivity contribution in [2.75, 3.05) is 11.1 Å². The van der Waals surface area contributed by atoms with Crippen molar-refractivity contribution in [3.63, 3.8) is 0 Å². The number of imidazole rings is 1. The topological polar surface area (TPSA) is 86.9 Å². The second-order valence-corrected chi connectivity index (χ2v) is 6.88. The molecule has 0 unspecified atom stereocenters. The van der Waals surface area contributed by atoms with Gasteiger partial charge in [-0.3, -0.25) is 9.59 Å². The SMILES string of the molecule is O=C1CCSc2ccc(C(=O)NCc3nc4ccccc4[nH]3)cc2N1. The first-order valence-electron chi connectivity index (χ1n) is 7.97. The molecule has 1 aliphatic rings. The lowest BCUT2D eigenvalue weighted by Crippen LogP contribution is -2.23. The number of carbonyl (C=O) groups is 2. The van der Waals surface area contributed by atoms with Gasteiger partial charge in [0.2, 0.25) is 5.91 Å². The van der Waals surface area contributed by atoms with E-state index in [9.17, 15) is 9.59 Å². The minimum absolute atomic E-state index is 0.0221. The van der Waals surface area contributed by atoms with Gasteiger partial charge < -0.3 is 15.6 Å². The van der Waals surface area contributed by atoms with Crippen LogP contribution in [0, 0.1) is 0 Å². The second kappa shape index (κ2) is 6.60. The van der Waals surface area contributed by atoms with Gasteiger partial charge in [-0.25, -0.2) is 4.98 Å². The fraction of sp³-hybridized carbons (Fsp3) is 0.167. The molecule has 4 rings (SSSR count). The molecule has 0 saturated heterocycles. The molecule has 3 N–H and O–H groups in total. The maximum Gasteiger partial charge on any atom is 0.251 e. The van der Waals surface area contributed by atoms with E-state index in [1.165, 1.54) is 0 Å². The maximum absolute atomic E-state index is 12.4. The van der Waals surface area contributed by atoms with Gasteiger partial charge in [0, 0.05) is 22.6 Å². The van der Waals surface area contributed by atoms with Crippen molar-refractivity contribution in [1.82, 2.24) is 15.3 Å². The van der Waals surface area contributed by atoms with Gasteiger partial charge in [-0.1, -0.05) is 12.1 Å². The quantitative estimate of drug-likeness (QED) is 0.676. The van der Waals surface area contributed by atoms with E-state index in [2.05, 4.69) is 20.6 Å². The lowest BCUT2D eigenvalue weighted by molar-refractivity contribution is -0.115. The van der Waals surface area contributed by atoms with Crippen molar-refractivity contribution in [3.05, 3.63) is 53.9 Å². The highest BCUT2D eigenvalue weighted by Crippen LogP contribution is 2.31. The van der Waals surface area contributed by atoms with Crippen molar-refractivity contribution < 1.29 is 9.59 Å². The number of para-hydroxylation sites is 2. The number of aromatic amines is 1. The lowest BCUT2D eigenvalue weighted by atomic mass is 10.2. The van der Waals surface area contributed by atoms with Crippen LogP contribution >= 0.6 is 11.8 Å². The van der Waals surface area contributed by atoms with Crippen LogP contribution in [0.4, 0.5) is 5.69 Å². The molecule has 0 saturated carbocycles. The van der Waals surface area contributed by atoms with Crippen LogP contribution in [0.2, 0.25) is 0 Å². The van der Waals surface area contributed by atoms with Crippen molar-refractivity contribution in [2.45, 2.75) is 17.9 Å². The Hall–Kier alpha value is -2.80. The standard InChI is InChI=1S/C18H16N4O2S/c23-17-7-8-25-15-6-5-11(9-14(15)22-17)18(24)19-10-16-20-12-3-1-2-4-13(12)21-16/h1-6,9H,7-8,10H2,(H,19,24)(H,20,21)(H,22,23). The zero-order valence-electron chi connectivity index (χ0n) is 13.3. The average molecular weight is 352 g/mol. The molecule has 0 radical (unpaired) electrons. The van der Waals surface area contributed by atoms with Crippen LogP contribution in [0.3, 0.4) is 0 Å². The van der Waals surface area contributed by atoms with Crippen molar-refractivity contribution in [3.8, 4) is 0 Å². The fourth-order valence-corrected chi connectivity index (χ4v) is 3.65. The molecule has 0 aliphatic carbocycles. The molecule has 1 aliphatic heterocycles. The van der Waals surface area contributed by atoms with E-state index in [1.807, 2.05) is 30.3 Å². The first kappa shape index (κ1) is 15.7. The van der Waals surface area contributed by atoms with E-state index in [0.717, 1.165) is 21.7 Å². The van der Waals surface area contributed by atoms with E-state index in [4.69, 9.17) is 0 Å². The molecule has 0 fully saturated rings. The van der Waals surface area contributed by atoms with E-state index in [1.54, 1.807) is 23.9 Å². The number of thioether (sulfide) groups is 1. The summed E-state index contributed by atoms with van der Waals surface area (Å²) >= 11 is 1.62. The summed E-state index contributed by atoms with van der Waals surface area (Å²) in [5, 5.41) is 5.71. The van der Waals surface area contributed by atoms with E-state index >= 15 is 0 Å². The summed E-state index contributed by atoms with van der Waals surface area (Å²) in [7, 11) is 0. The van der Waals surface area contributed by atoms with Crippen molar-refractivity contribution >= 4 is 40.3 Å². The molecule has 0 spiro atoms. The van der Waals surface area contributed by atoms with Gasteiger partial charge in [-0.2, -0.15) is 0 Å². The molecule has 2 heterocycles. The number of fused-ring (bicyclic) bond motifs is 2. The summed E-state index contributed by atoms with van der Waals surface area (Å²) in [6.45, 7) is 0.311. The van der Waals surface area contributed by atoms with Gasteiger partial charge in [0.15, 0.2) is 0 Å². The Morgan fingerprint density at radius 1 is 1.24 bits per heavy atom. The van der Waals surface area contributed by atoms with E-state index in [-0.39, 0.29) is 11.8 Å². The highest BCUT2D eigenvalue weighted by atomic mass is 32.2. The van der Waals surface area contributed by atoms with Crippen LogP contribution < -0.4 is 10.6 Å². The molecule has 25 heavy (non-hydrogen) atoms. The molecule has 126 valence electrons. The third kappa shape index (κ3) is 3.36. The van der Waals surface area contributed by atoms with Crippen LogP contribution in [0.25, 0.3) is 11.0 Å². The predicted molar refractivity (Wildman–Crippen MR) is 97.7 cm³/mol. The van der Waals surface area contributed by atoms with Gasteiger partial charge in [0.1, 0.15) is 5.82 Å². The summed E-state index contributed by atoms with van der Waals surface area (Å²) in [5.74, 6) is 1.22. The Kier molecular flexibility index (Phi) is 4.15. The Morgan fingerprint density at radius 2 is 2.12 bits per heavy atom. The van der Waals surface area contributed by atoms with E-state index < -0.39 is 0 Å². The second-order valence-electron chi connectivity index (χ2n) is 5.74. The number of hydrogen-bond acceptors (Lipinski definition) is 4. The summed E-state index contributed by atoms with van der Waals surface area (Å²) in [6, 6.07) is 13.1. The molecule has 7 heteroatoms. The number of aromatic nitrogens is 2. The number of amides is 2. The van der Waals surface area contributed by atoms with Crippen molar-refractivity contribution in [1.29, 1.82) is 0 Å². The molecule has 0 bridgehead atoms. The van der Waals surface area contributed by atoms with Gasteiger partial charge >= 0.3 is 0 Å². The van der Waals surface area contributed by atoms with Gasteiger partial charge in [-0.15, -0.1) is 11.8 Å². The lowest BCUT2D eigenvalue weighted by Gasteiger charge is -2.09. The average Bonchev–Trinajstić information content (AvgIpc) is 2.94. The first-order chi connectivity index (χ1) is 12.2. The van der Waals surface area contributed by atoms with Crippen LogP contribution in [0.5, 0.6) is 0 Å². The molecule has 6 nitrogen and oxygen atoms in total. The summed E-state index contributed by atoms with van der Waals surface area (Å²) < 4.78 is 0. The zero-order valence-corrected chi connectivity index (χ0v) is 14.2. The number of carbonyl (C=O) groups excluding carboxylic acids is 2. The zero-order chi connectivity index (χ0) is 17.2. The Balaban J connectivity index is 1.48. The Morgan fingerprint density at radius 3 is 3.00 bits per heavy atom. The summed E-state index contributed by atoms with van der Waals surface area (Å²) in [6.07, 6.45) is 0.479. The van der Waals surface area contributed by atoms with E-state index in [0.29, 0.717) is 30.0 Å². The highest BCUT2D eigenvalue weighted by molar-refractivity contribution is 7.99. The Labute approximate surface area is 148 Å². The molecule has 2 aromatic carbocycles.